The van der Waals surface area contributed by atoms with Crippen LogP contribution < -0.4 is 24.8 Å². The molecule has 4 N–H and O–H groups in total. The van der Waals surface area contributed by atoms with Crippen molar-refractivity contribution in [1.82, 2.24) is 25.2 Å². The molecule has 18 heteroatoms. The van der Waals surface area contributed by atoms with E-state index in [1.807, 2.05) is 4.72 Å². The highest BCUT2D eigenvalue weighted by molar-refractivity contribution is 7.91. The van der Waals surface area contributed by atoms with Crippen LogP contribution in [0.5, 0.6) is 11.6 Å². The number of hydrogen-bond donors (Lipinski definition) is 4. The highest BCUT2D eigenvalue weighted by atomic mass is 32.2. The number of fused-ring (bicyclic) bond motifs is 3. The predicted molar refractivity (Wildman–Crippen MR) is 180 cm³/mol. The molecule has 1 aromatic heterocycles. The summed E-state index contributed by atoms with van der Waals surface area (Å²) in [6.07, 6.45) is 1.87. The van der Waals surface area contributed by atoms with E-state index in [1.165, 1.54) is 32.4 Å². The summed E-state index contributed by atoms with van der Waals surface area (Å²) in [5, 5.41) is 15.3. The number of halogens is 2. The third kappa shape index (κ3) is 7.09. The molecule has 3 fully saturated rings. The van der Waals surface area contributed by atoms with Gasteiger partial charge in [-0.2, -0.15) is 0 Å². The monoisotopic (exact) mass is 749 g/mol. The zero-order valence-electron chi connectivity index (χ0n) is 28.8. The highest BCUT2D eigenvalue weighted by Gasteiger charge is 2.64. The first-order chi connectivity index (χ1) is 24.6. The molecule has 2 saturated carbocycles. The first kappa shape index (κ1) is 37.2. The minimum Gasteiger partial charge on any atom is -0.496 e. The Kier molecular flexibility index (Phi) is 10.1. The molecule has 0 unspecified atom stereocenters. The Labute approximate surface area is 298 Å². The summed E-state index contributed by atoms with van der Waals surface area (Å²) in [4.78, 5) is 59.5. The van der Waals surface area contributed by atoms with E-state index in [0.717, 1.165) is 4.90 Å². The SMILES string of the molecule is COc1cc(F)cc2c(O[C@@H]3C[C@H]4C(=O)N[C@]5(C(=O)NS(=O)(=O)C6(CF)CC6)C[C@H]5C=CCC[C@@H](C)O[C@@H](C)[C@H](NC(=O)O)C(=O)N4C3)nccc12. The first-order valence-corrected chi connectivity index (χ1v) is 18.5. The number of allylic oxidation sites excluding steroid dienone is 1. The Morgan fingerprint density at radius 2 is 1.96 bits per heavy atom. The van der Waals surface area contributed by atoms with Crippen LogP contribution >= 0.6 is 0 Å². The third-order valence-electron chi connectivity index (χ3n) is 10.3. The van der Waals surface area contributed by atoms with Crippen molar-refractivity contribution in [2.75, 3.05) is 20.3 Å². The van der Waals surface area contributed by atoms with E-state index in [4.69, 9.17) is 14.2 Å². The zero-order valence-corrected chi connectivity index (χ0v) is 29.6. The van der Waals surface area contributed by atoms with Crippen molar-refractivity contribution in [1.29, 1.82) is 0 Å². The largest absolute Gasteiger partial charge is 0.496 e. The van der Waals surface area contributed by atoms with Crippen LogP contribution in [0.4, 0.5) is 13.6 Å². The van der Waals surface area contributed by atoms with Crippen LogP contribution in [0.2, 0.25) is 0 Å². The van der Waals surface area contributed by atoms with Crippen molar-refractivity contribution in [3.05, 3.63) is 42.4 Å². The number of pyridine rings is 1. The van der Waals surface area contributed by atoms with Crippen LogP contribution in [0.1, 0.15) is 52.4 Å². The summed E-state index contributed by atoms with van der Waals surface area (Å²) in [5.74, 6) is -3.73. The van der Waals surface area contributed by atoms with Crippen LogP contribution in [0, 0.1) is 11.7 Å². The summed E-state index contributed by atoms with van der Waals surface area (Å²) in [6.45, 7) is 1.86. The van der Waals surface area contributed by atoms with Gasteiger partial charge in [-0.15, -0.1) is 0 Å². The predicted octanol–water partition coefficient (Wildman–Crippen LogP) is 2.33. The number of rotatable bonds is 8. The molecule has 282 valence electrons. The van der Waals surface area contributed by atoms with Crippen LogP contribution in [0.15, 0.2) is 36.5 Å². The number of benzene rings is 1. The Hall–Kier alpha value is -4.58. The summed E-state index contributed by atoms with van der Waals surface area (Å²) in [6, 6.07) is 1.19. The van der Waals surface area contributed by atoms with E-state index in [2.05, 4.69) is 15.6 Å². The molecule has 2 aromatic rings. The standard InChI is InChI=1S/C34H41F2N5O10S/c1-18-6-4-5-7-20-15-34(20,31(44)40-52(47,48)33(17-35)9-10-33)39-28(42)25-14-22(16-41(25)30(43)27(19(2)50-18)38-32(45)46)51-29-24-12-21(36)13-26(49-3)23(24)8-11-37-29/h5,7-8,11-13,18-20,22,25,27,38H,4,6,9-10,14-17H2,1-3H3,(H,39,42)(H,40,44)(H,45,46)/t18-,19+,20-,22-,25+,27+,34-/m1/s1. The molecule has 2 aliphatic carbocycles. The zero-order chi connectivity index (χ0) is 37.6. The van der Waals surface area contributed by atoms with Crippen LogP contribution in [-0.4, -0.2) is 108 Å². The molecule has 0 bridgehead atoms. The maximum Gasteiger partial charge on any atom is 0.405 e. The normalized spacial score (nSPS) is 30.2. The summed E-state index contributed by atoms with van der Waals surface area (Å²) in [7, 11) is -3.05. The van der Waals surface area contributed by atoms with Crippen LogP contribution in [0.25, 0.3) is 10.8 Å². The average Bonchev–Trinajstić information content (AvgIpc) is 3.99. The van der Waals surface area contributed by atoms with Crippen molar-refractivity contribution < 1.29 is 55.7 Å². The lowest BCUT2D eigenvalue weighted by molar-refractivity contribution is -0.144. The van der Waals surface area contributed by atoms with Crippen molar-refractivity contribution in [2.24, 2.45) is 5.92 Å². The molecule has 4 amide bonds. The minimum absolute atomic E-state index is 0.0167. The second-order valence-corrected chi connectivity index (χ2v) is 16.0. The molecule has 1 saturated heterocycles. The van der Waals surface area contributed by atoms with Crippen LogP contribution in [0.3, 0.4) is 0 Å². The van der Waals surface area contributed by atoms with Gasteiger partial charge in [-0.3, -0.25) is 19.1 Å². The van der Waals surface area contributed by atoms with Gasteiger partial charge in [0.25, 0.3) is 5.91 Å². The van der Waals surface area contributed by atoms with Gasteiger partial charge in [-0.1, -0.05) is 12.2 Å². The molecule has 15 nitrogen and oxygen atoms in total. The Bertz CT molecular complexity index is 1910. The molecule has 1 aromatic carbocycles. The molecule has 6 rings (SSSR count). The van der Waals surface area contributed by atoms with Crippen molar-refractivity contribution in [3.8, 4) is 11.6 Å². The van der Waals surface area contributed by atoms with E-state index in [-0.39, 0.29) is 49.2 Å². The number of aromatic nitrogens is 1. The van der Waals surface area contributed by atoms with Gasteiger partial charge >= 0.3 is 6.09 Å². The number of nitrogens with zero attached hydrogens (tertiary/aromatic N) is 2. The molecule has 7 atom stereocenters. The smallest absolute Gasteiger partial charge is 0.405 e. The number of carbonyl (C=O) groups excluding carboxylic acids is 3. The first-order valence-electron chi connectivity index (χ1n) is 17.0. The highest BCUT2D eigenvalue weighted by Crippen LogP contribution is 2.48. The van der Waals surface area contributed by atoms with E-state index in [1.54, 1.807) is 25.1 Å². The van der Waals surface area contributed by atoms with Gasteiger partial charge in [0.05, 0.1) is 31.2 Å². The lowest BCUT2D eigenvalue weighted by Crippen LogP contribution is -2.60. The van der Waals surface area contributed by atoms with Crippen molar-refractivity contribution in [3.63, 3.8) is 0 Å². The lowest BCUT2D eigenvalue weighted by atomic mass is 10.1. The Balaban J connectivity index is 1.35. The molecular weight excluding hydrogens is 708 g/mol. The number of ether oxygens (including phenoxy) is 3. The number of hydrogen-bond acceptors (Lipinski definition) is 10. The van der Waals surface area contributed by atoms with E-state index >= 15 is 0 Å². The Morgan fingerprint density at radius 1 is 1.21 bits per heavy atom. The molecule has 2 aliphatic heterocycles. The van der Waals surface area contributed by atoms with Gasteiger partial charge in [0.2, 0.25) is 27.7 Å². The fourth-order valence-electron chi connectivity index (χ4n) is 7.00. The van der Waals surface area contributed by atoms with Gasteiger partial charge < -0.3 is 34.9 Å². The summed E-state index contributed by atoms with van der Waals surface area (Å²) < 4.78 is 72.2. The van der Waals surface area contributed by atoms with Gasteiger partial charge in [0.15, 0.2) is 0 Å². The second-order valence-electron chi connectivity index (χ2n) is 13.9. The fourth-order valence-corrected chi connectivity index (χ4v) is 8.43. The number of carbonyl (C=O) groups is 4. The molecule has 4 aliphatic rings. The molecule has 52 heavy (non-hydrogen) atoms. The number of amides is 4. The van der Waals surface area contributed by atoms with Crippen molar-refractivity contribution >= 4 is 44.6 Å². The van der Waals surface area contributed by atoms with Gasteiger partial charge in [-0.25, -0.2) is 27.0 Å². The van der Waals surface area contributed by atoms with E-state index in [9.17, 15) is 41.5 Å². The molecule has 3 heterocycles. The molecule has 0 radical (unpaired) electrons. The lowest BCUT2D eigenvalue weighted by Gasteiger charge is -2.32. The average molecular weight is 750 g/mol. The topological polar surface area (TPSA) is 203 Å². The second kappa shape index (κ2) is 14.1. The van der Waals surface area contributed by atoms with Gasteiger partial charge in [-0.05, 0) is 58.1 Å². The number of sulfonamides is 1. The number of nitrogens with one attached hydrogen (secondary N) is 3. The van der Waals surface area contributed by atoms with Crippen molar-refractivity contribution in [2.45, 2.75) is 93.1 Å². The quantitative estimate of drug-likeness (QED) is 0.289. The fraction of sp³-hybridized carbons (Fsp3) is 0.559. The van der Waals surface area contributed by atoms with E-state index < -0.39 is 92.9 Å². The maximum absolute atomic E-state index is 14.6. The van der Waals surface area contributed by atoms with Gasteiger partial charge in [0, 0.05) is 30.0 Å². The number of carboxylic acid groups (broad SMARTS) is 1. The number of alkyl halides is 1. The number of methoxy groups -OCH3 is 1. The maximum atomic E-state index is 14.6. The molecular formula is C34H41F2N5O10S. The van der Waals surface area contributed by atoms with E-state index in [0.29, 0.717) is 18.2 Å². The van der Waals surface area contributed by atoms with Crippen LogP contribution in [-0.2, 0) is 29.1 Å². The Morgan fingerprint density at radius 3 is 2.63 bits per heavy atom. The summed E-state index contributed by atoms with van der Waals surface area (Å²) >= 11 is 0. The minimum atomic E-state index is -4.43. The molecule has 0 spiro atoms. The third-order valence-corrected chi connectivity index (χ3v) is 12.4. The summed E-state index contributed by atoms with van der Waals surface area (Å²) in [5.41, 5.74) is -1.74. The van der Waals surface area contributed by atoms with Gasteiger partial charge in [0.1, 0.15) is 46.7 Å².